The molecule has 0 unspecified atom stereocenters. The van der Waals surface area contributed by atoms with Gasteiger partial charge in [0.15, 0.2) is 5.69 Å². The molecule has 0 atom stereocenters. The fraction of sp³-hybridized carbons (Fsp3) is 0.692. The quantitative estimate of drug-likeness (QED) is 0.920. The zero-order valence-electron chi connectivity index (χ0n) is 11.7. The van der Waals surface area contributed by atoms with E-state index >= 15 is 0 Å². The number of hydrogen-bond donors (Lipinski definition) is 1. The van der Waals surface area contributed by atoms with Gasteiger partial charge in [0.05, 0.1) is 5.60 Å². The normalized spacial score (nSPS) is 18.0. The van der Waals surface area contributed by atoms with Crippen molar-refractivity contribution in [2.24, 2.45) is 0 Å². The van der Waals surface area contributed by atoms with E-state index in [0.717, 1.165) is 29.8 Å². The smallest absolute Gasteiger partial charge is 0.388 e. The van der Waals surface area contributed by atoms with Crippen LogP contribution in [0.1, 0.15) is 31.4 Å². The van der Waals surface area contributed by atoms with Crippen LogP contribution in [-0.2, 0) is 17.5 Å². The third-order valence-corrected chi connectivity index (χ3v) is 3.72. The topological polar surface area (TPSA) is 58.4 Å². The molecule has 0 spiro atoms. The zero-order chi connectivity index (χ0) is 15.7. The van der Waals surface area contributed by atoms with Gasteiger partial charge in [-0.3, -0.25) is 9.48 Å². The number of amides is 1. The second kappa shape index (κ2) is 5.67. The first-order valence-electron chi connectivity index (χ1n) is 6.77. The maximum atomic E-state index is 12.4. The van der Waals surface area contributed by atoms with E-state index in [0.29, 0.717) is 12.8 Å². The van der Waals surface area contributed by atoms with Crippen molar-refractivity contribution >= 4 is 5.91 Å². The lowest BCUT2D eigenvalue weighted by Crippen LogP contribution is -2.43. The molecule has 1 N–H and O–H groups in total. The van der Waals surface area contributed by atoms with Gasteiger partial charge in [-0.15, -0.1) is 0 Å². The van der Waals surface area contributed by atoms with Crippen LogP contribution in [0.15, 0.2) is 12.3 Å². The van der Waals surface area contributed by atoms with E-state index in [4.69, 9.17) is 0 Å². The standard InChI is InChI=1S/C13H18F3N3O2/c1-18(9-12(21)5-2-3-6-12)11(20)8-19-7-4-10(17-19)13(14,15)16/h4,7,21H,2-3,5-6,8-9H2,1H3. The minimum Gasteiger partial charge on any atom is -0.388 e. The summed E-state index contributed by atoms with van der Waals surface area (Å²) in [5.74, 6) is -0.382. The number of likely N-dealkylation sites (N-methyl/N-ethyl adjacent to an activating group) is 1. The summed E-state index contributed by atoms with van der Waals surface area (Å²) in [6.07, 6.45) is -0.257. The molecule has 8 heteroatoms. The first-order valence-corrected chi connectivity index (χ1v) is 6.77. The number of rotatable bonds is 4. The molecule has 0 aromatic carbocycles. The Hall–Kier alpha value is -1.57. The summed E-state index contributed by atoms with van der Waals surface area (Å²) >= 11 is 0. The van der Waals surface area contributed by atoms with Crippen LogP contribution in [-0.4, -0.2) is 44.9 Å². The number of aliphatic hydroxyl groups is 1. The van der Waals surface area contributed by atoms with Crippen molar-refractivity contribution in [3.05, 3.63) is 18.0 Å². The van der Waals surface area contributed by atoms with Crippen LogP contribution in [0.5, 0.6) is 0 Å². The van der Waals surface area contributed by atoms with Crippen molar-refractivity contribution in [3.8, 4) is 0 Å². The van der Waals surface area contributed by atoms with Crippen molar-refractivity contribution in [1.82, 2.24) is 14.7 Å². The maximum absolute atomic E-state index is 12.4. The minimum atomic E-state index is -4.51. The summed E-state index contributed by atoms with van der Waals surface area (Å²) in [6, 6.07) is 0.831. The molecule has 0 radical (unpaired) electrons. The molecule has 0 bridgehead atoms. The average Bonchev–Trinajstić information content (AvgIpc) is 2.97. The molecule has 1 amide bonds. The second-order valence-corrected chi connectivity index (χ2v) is 5.58. The molecular weight excluding hydrogens is 287 g/mol. The average molecular weight is 305 g/mol. The Bertz CT molecular complexity index is 507. The lowest BCUT2D eigenvalue weighted by molar-refractivity contribution is -0.142. The number of nitrogens with zero attached hydrogens (tertiary/aromatic N) is 3. The molecule has 1 fully saturated rings. The summed E-state index contributed by atoms with van der Waals surface area (Å²) in [4.78, 5) is 13.3. The van der Waals surface area contributed by atoms with Crippen LogP contribution in [0.2, 0.25) is 0 Å². The van der Waals surface area contributed by atoms with Crippen LogP contribution < -0.4 is 0 Å². The molecule has 1 heterocycles. The Morgan fingerprint density at radius 2 is 2.10 bits per heavy atom. The Morgan fingerprint density at radius 1 is 1.48 bits per heavy atom. The number of carbonyl (C=O) groups is 1. The number of hydrogen-bond acceptors (Lipinski definition) is 3. The molecule has 1 saturated carbocycles. The van der Waals surface area contributed by atoms with E-state index in [1.54, 1.807) is 0 Å². The molecule has 1 aromatic rings. The molecule has 1 aromatic heterocycles. The highest BCUT2D eigenvalue weighted by atomic mass is 19.4. The van der Waals surface area contributed by atoms with E-state index < -0.39 is 17.5 Å². The Labute approximate surface area is 120 Å². The number of halogens is 3. The molecule has 5 nitrogen and oxygen atoms in total. The third-order valence-electron chi connectivity index (χ3n) is 3.72. The highest BCUT2D eigenvalue weighted by molar-refractivity contribution is 5.75. The summed E-state index contributed by atoms with van der Waals surface area (Å²) < 4.78 is 38.2. The molecule has 0 aliphatic heterocycles. The lowest BCUT2D eigenvalue weighted by Gasteiger charge is -2.28. The van der Waals surface area contributed by atoms with Gasteiger partial charge in [0.2, 0.25) is 5.91 Å². The monoisotopic (exact) mass is 305 g/mol. The second-order valence-electron chi connectivity index (χ2n) is 5.58. The van der Waals surface area contributed by atoms with Crippen molar-refractivity contribution in [2.45, 2.75) is 44.0 Å². The summed E-state index contributed by atoms with van der Waals surface area (Å²) in [6.45, 7) is -0.0815. The minimum absolute atomic E-state index is 0.194. The molecule has 1 aliphatic rings. The van der Waals surface area contributed by atoms with Crippen LogP contribution in [0.4, 0.5) is 13.2 Å². The van der Waals surface area contributed by atoms with Crippen molar-refractivity contribution < 1.29 is 23.1 Å². The predicted octanol–water partition coefficient (Wildman–Crippen LogP) is 1.67. The highest BCUT2D eigenvalue weighted by Crippen LogP contribution is 2.30. The summed E-state index contributed by atoms with van der Waals surface area (Å²) in [7, 11) is 1.53. The van der Waals surface area contributed by atoms with E-state index in [9.17, 15) is 23.1 Å². The van der Waals surface area contributed by atoms with Crippen LogP contribution in [0.25, 0.3) is 0 Å². The molecule has 21 heavy (non-hydrogen) atoms. The molecular formula is C13H18F3N3O2. The van der Waals surface area contributed by atoms with Gasteiger partial charge in [-0.2, -0.15) is 18.3 Å². The van der Waals surface area contributed by atoms with Gasteiger partial charge in [-0.25, -0.2) is 0 Å². The predicted molar refractivity (Wildman–Crippen MR) is 68.3 cm³/mol. The first kappa shape index (κ1) is 15.8. The Kier molecular flexibility index (Phi) is 4.27. The van der Waals surface area contributed by atoms with Gasteiger partial charge in [0.25, 0.3) is 0 Å². The summed E-state index contributed by atoms with van der Waals surface area (Å²) in [5, 5.41) is 13.6. The summed E-state index contributed by atoms with van der Waals surface area (Å²) in [5.41, 5.74) is -1.89. The van der Waals surface area contributed by atoms with Crippen LogP contribution >= 0.6 is 0 Å². The molecule has 1 aliphatic carbocycles. The lowest BCUT2D eigenvalue weighted by atomic mass is 10.0. The van der Waals surface area contributed by atoms with Gasteiger partial charge in [0.1, 0.15) is 6.54 Å². The van der Waals surface area contributed by atoms with Crippen LogP contribution in [0.3, 0.4) is 0 Å². The fourth-order valence-electron chi connectivity index (χ4n) is 2.58. The Morgan fingerprint density at radius 3 is 2.62 bits per heavy atom. The van der Waals surface area contributed by atoms with Crippen molar-refractivity contribution in [1.29, 1.82) is 0 Å². The molecule has 2 rings (SSSR count). The van der Waals surface area contributed by atoms with E-state index in [-0.39, 0.29) is 19.0 Å². The van der Waals surface area contributed by atoms with E-state index in [1.807, 2.05) is 0 Å². The van der Waals surface area contributed by atoms with E-state index in [2.05, 4.69) is 5.10 Å². The van der Waals surface area contributed by atoms with Crippen LogP contribution in [0, 0.1) is 0 Å². The number of aromatic nitrogens is 2. The van der Waals surface area contributed by atoms with Gasteiger partial charge in [-0.1, -0.05) is 12.8 Å². The first-order chi connectivity index (χ1) is 9.70. The molecule has 118 valence electrons. The number of alkyl halides is 3. The third kappa shape index (κ3) is 3.96. The van der Waals surface area contributed by atoms with Gasteiger partial charge < -0.3 is 10.0 Å². The highest BCUT2D eigenvalue weighted by Gasteiger charge is 2.35. The SMILES string of the molecule is CN(CC1(O)CCCC1)C(=O)Cn1ccc(C(F)(F)F)n1. The van der Waals surface area contributed by atoms with Crippen molar-refractivity contribution in [3.63, 3.8) is 0 Å². The van der Waals surface area contributed by atoms with Crippen molar-refractivity contribution in [2.75, 3.05) is 13.6 Å². The molecule has 0 saturated heterocycles. The zero-order valence-corrected chi connectivity index (χ0v) is 11.7. The van der Waals surface area contributed by atoms with Gasteiger partial charge >= 0.3 is 6.18 Å². The van der Waals surface area contributed by atoms with E-state index in [1.165, 1.54) is 11.9 Å². The fourth-order valence-corrected chi connectivity index (χ4v) is 2.58. The largest absolute Gasteiger partial charge is 0.435 e. The maximum Gasteiger partial charge on any atom is 0.435 e. The van der Waals surface area contributed by atoms with Gasteiger partial charge in [0, 0.05) is 19.8 Å². The number of carbonyl (C=O) groups excluding carboxylic acids is 1. The Balaban J connectivity index is 1.93. The van der Waals surface area contributed by atoms with Gasteiger partial charge in [-0.05, 0) is 18.9 Å².